The topological polar surface area (TPSA) is 46.3 Å². The molecule has 1 heterocycles. The normalized spacial score (nSPS) is 25.8. The van der Waals surface area contributed by atoms with E-state index in [0.717, 1.165) is 31.1 Å². The standard InChI is InChI=1S/C9H20N2OS/c1-8(7-10)9(2)11-3-5-13(12)6-4-11/h8-9H,3-7,10H2,1-2H3. The fraction of sp³-hybridized carbons (Fsp3) is 1.00. The van der Waals surface area contributed by atoms with Crippen LogP contribution in [-0.2, 0) is 10.8 Å². The maximum absolute atomic E-state index is 11.1. The lowest BCUT2D eigenvalue weighted by Crippen LogP contribution is -2.47. The minimum Gasteiger partial charge on any atom is -0.330 e. The molecule has 2 N–H and O–H groups in total. The van der Waals surface area contributed by atoms with Gasteiger partial charge in [-0.15, -0.1) is 0 Å². The number of rotatable bonds is 3. The molecule has 1 saturated heterocycles. The van der Waals surface area contributed by atoms with Crippen LogP contribution in [-0.4, -0.2) is 46.3 Å². The Balaban J connectivity index is 2.39. The van der Waals surface area contributed by atoms with Crippen molar-refractivity contribution < 1.29 is 4.21 Å². The van der Waals surface area contributed by atoms with Gasteiger partial charge >= 0.3 is 0 Å². The minimum atomic E-state index is -0.566. The van der Waals surface area contributed by atoms with Gasteiger partial charge in [0.1, 0.15) is 0 Å². The Morgan fingerprint density at radius 2 is 1.92 bits per heavy atom. The van der Waals surface area contributed by atoms with Gasteiger partial charge in [-0.05, 0) is 19.4 Å². The molecule has 78 valence electrons. The van der Waals surface area contributed by atoms with E-state index in [9.17, 15) is 4.21 Å². The molecule has 2 atom stereocenters. The summed E-state index contributed by atoms with van der Waals surface area (Å²) in [6.45, 7) is 7.07. The Bertz CT molecular complexity index is 176. The van der Waals surface area contributed by atoms with E-state index in [0.29, 0.717) is 12.0 Å². The van der Waals surface area contributed by atoms with Crippen molar-refractivity contribution in [3.05, 3.63) is 0 Å². The van der Waals surface area contributed by atoms with Crippen molar-refractivity contribution in [2.75, 3.05) is 31.1 Å². The molecule has 0 aromatic carbocycles. The molecule has 1 aliphatic rings. The highest BCUT2D eigenvalue weighted by molar-refractivity contribution is 7.85. The van der Waals surface area contributed by atoms with Crippen molar-refractivity contribution in [2.24, 2.45) is 11.7 Å². The van der Waals surface area contributed by atoms with E-state index in [1.54, 1.807) is 0 Å². The predicted molar refractivity (Wildman–Crippen MR) is 57.1 cm³/mol. The average Bonchev–Trinajstić information content (AvgIpc) is 2.17. The Morgan fingerprint density at radius 3 is 2.38 bits per heavy atom. The van der Waals surface area contributed by atoms with Gasteiger partial charge in [-0.3, -0.25) is 9.11 Å². The van der Waals surface area contributed by atoms with Crippen LogP contribution in [0.5, 0.6) is 0 Å². The fourth-order valence-electron chi connectivity index (χ4n) is 1.62. The Kier molecular flexibility index (Phi) is 4.35. The van der Waals surface area contributed by atoms with E-state index < -0.39 is 10.8 Å². The van der Waals surface area contributed by atoms with E-state index >= 15 is 0 Å². The predicted octanol–water partition coefficient (Wildman–Crippen LogP) is 0.0340. The highest BCUT2D eigenvalue weighted by atomic mass is 32.2. The molecule has 0 spiro atoms. The van der Waals surface area contributed by atoms with Crippen molar-refractivity contribution >= 4 is 10.8 Å². The number of nitrogens with zero attached hydrogens (tertiary/aromatic N) is 1. The van der Waals surface area contributed by atoms with E-state index in [1.165, 1.54) is 0 Å². The van der Waals surface area contributed by atoms with Crippen molar-refractivity contribution in [1.29, 1.82) is 0 Å². The zero-order valence-electron chi connectivity index (χ0n) is 8.53. The Morgan fingerprint density at radius 1 is 1.38 bits per heavy atom. The van der Waals surface area contributed by atoms with Gasteiger partial charge in [0.05, 0.1) is 0 Å². The van der Waals surface area contributed by atoms with Gasteiger partial charge < -0.3 is 5.73 Å². The zero-order valence-corrected chi connectivity index (χ0v) is 9.35. The second-order valence-corrected chi connectivity index (χ2v) is 5.53. The largest absolute Gasteiger partial charge is 0.330 e. The molecule has 13 heavy (non-hydrogen) atoms. The summed E-state index contributed by atoms with van der Waals surface area (Å²) in [7, 11) is -0.566. The highest BCUT2D eigenvalue weighted by Gasteiger charge is 2.22. The van der Waals surface area contributed by atoms with Crippen LogP contribution in [0.15, 0.2) is 0 Å². The third-order valence-corrected chi connectivity index (χ3v) is 4.26. The van der Waals surface area contributed by atoms with Crippen molar-refractivity contribution in [3.63, 3.8) is 0 Å². The minimum absolute atomic E-state index is 0.530. The molecular formula is C9H20N2OS. The van der Waals surface area contributed by atoms with Crippen LogP contribution >= 0.6 is 0 Å². The third-order valence-electron chi connectivity index (χ3n) is 2.98. The van der Waals surface area contributed by atoms with Crippen LogP contribution in [0.3, 0.4) is 0 Å². The van der Waals surface area contributed by atoms with Gasteiger partial charge in [-0.1, -0.05) is 6.92 Å². The highest BCUT2D eigenvalue weighted by Crippen LogP contribution is 2.12. The van der Waals surface area contributed by atoms with E-state index in [-0.39, 0.29) is 0 Å². The summed E-state index contributed by atoms with van der Waals surface area (Å²) in [6, 6.07) is 0.530. The van der Waals surface area contributed by atoms with E-state index in [1.807, 2.05) is 0 Å². The van der Waals surface area contributed by atoms with Crippen molar-refractivity contribution in [3.8, 4) is 0 Å². The molecule has 1 aliphatic heterocycles. The van der Waals surface area contributed by atoms with Crippen molar-refractivity contribution in [1.82, 2.24) is 4.90 Å². The van der Waals surface area contributed by atoms with E-state index in [4.69, 9.17) is 5.73 Å². The van der Waals surface area contributed by atoms with Gasteiger partial charge in [-0.2, -0.15) is 0 Å². The summed E-state index contributed by atoms with van der Waals surface area (Å²) < 4.78 is 11.1. The average molecular weight is 204 g/mol. The fourth-order valence-corrected chi connectivity index (χ4v) is 2.70. The first kappa shape index (κ1) is 11.1. The summed E-state index contributed by atoms with van der Waals surface area (Å²) in [6.07, 6.45) is 0. The summed E-state index contributed by atoms with van der Waals surface area (Å²) in [5.74, 6) is 2.20. The Labute approximate surface area is 83.1 Å². The van der Waals surface area contributed by atoms with Crippen LogP contribution in [0.1, 0.15) is 13.8 Å². The first-order valence-electron chi connectivity index (χ1n) is 4.94. The van der Waals surface area contributed by atoms with Gasteiger partial charge in [-0.25, -0.2) is 0 Å². The quantitative estimate of drug-likeness (QED) is 0.706. The molecule has 0 radical (unpaired) electrons. The molecule has 2 unspecified atom stereocenters. The van der Waals surface area contributed by atoms with Crippen LogP contribution in [0.25, 0.3) is 0 Å². The molecule has 1 fully saturated rings. The summed E-state index contributed by atoms with van der Waals surface area (Å²) in [4.78, 5) is 2.40. The number of hydrogen-bond acceptors (Lipinski definition) is 3. The first-order valence-corrected chi connectivity index (χ1v) is 6.43. The molecule has 4 heteroatoms. The van der Waals surface area contributed by atoms with E-state index in [2.05, 4.69) is 18.7 Å². The van der Waals surface area contributed by atoms with Gasteiger partial charge in [0.2, 0.25) is 0 Å². The molecule has 0 aromatic rings. The summed E-state index contributed by atoms with van der Waals surface area (Å²) >= 11 is 0. The molecule has 1 rings (SSSR count). The number of hydrogen-bond donors (Lipinski definition) is 1. The summed E-state index contributed by atoms with van der Waals surface area (Å²) in [5, 5.41) is 0. The lowest BCUT2D eigenvalue weighted by Gasteiger charge is -2.35. The zero-order chi connectivity index (χ0) is 9.84. The molecular weight excluding hydrogens is 184 g/mol. The maximum atomic E-state index is 11.1. The molecule has 0 amide bonds. The lowest BCUT2D eigenvalue weighted by atomic mass is 10.0. The number of nitrogens with two attached hydrogens (primary N) is 1. The lowest BCUT2D eigenvalue weighted by molar-refractivity contribution is 0.179. The van der Waals surface area contributed by atoms with Crippen molar-refractivity contribution in [2.45, 2.75) is 19.9 Å². The monoisotopic (exact) mass is 204 g/mol. The molecule has 3 nitrogen and oxygen atoms in total. The molecule has 0 aromatic heterocycles. The Hall–Kier alpha value is 0.0700. The maximum Gasteiger partial charge on any atom is 0.0363 e. The van der Waals surface area contributed by atoms with Crippen LogP contribution in [0, 0.1) is 5.92 Å². The molecule has 0 aliphatic carbocycles. The second kappa shape index (κ2) is 5.08. The van der Waals surface area contributed by atoms with Crippen LogP contribution < -0.4 is 5.73 Å². The first-order chi connectivity index (χ1) is 6.15. The third kappa shape index (κ3) is 3.04. The second-order valence-electron chi connectivity index (χ2n) is 3.84. The van der Waals surface area contributed by atoms with Crippen LogP contribution in [0.4, 0.5) is 0 Å². The van der Waals surface area contributed by atoms with Crippen LogP contribution in [0.2, 0.25) is 0 Å². The van der Waals surface area contributed by atoms with Gasteiger partial charge in [0.15, 0.2) is 0 Å². The van der Waals surface area contributed by atoms with Gasteiger partial charge in [0, 0.05) is 41.4 Å². The smallest absolute Gasteiger partial charge is 0.0363 e. The molecule has 0 bridgehead atoms. The summed E-state index contributed by atoms with van der Waals surface area (Å²) in [5.41, 5.74) is 5.62. The SMILES string of the molecule is CC(CN)C(C)N1CCS(=O)CC1. The van der Waals surface area contributed by atoms with Gasteiger partial charge in [0.25, 0.3) is 0 Å². The molecule has 0 saturated carbocycles.